The molecule has 0 aromatic heterocycles. The standard InChI is InChI=1S/C23H34N4O7/c1-13(14-11-17(32-2)20(34-4)18(12-14)33-3)23(31)27-10-6-5-7-16(27)22(30)26-15(21(25)29)8-9-19(24)28/h11-13,15-16H,5-10H2,1-4H3,(H2,24,28)(H2,25,29)(H,26,30). The summed E-state index contributed by atoms with van der Waals surface area (Å²) in [6.45, 7) is 2.14. The number of nitrogens with one attached hydrogen (secondary N) is 1. The number of carbonyl (C=O) groups is 4. The molecule has 0 bridgehead atoms. The van der Waals surface area contributed by atoms with Gasteiger partial charge in [-0.3, -0.25) is 19.2 Å². The van der Waals surface area contributed by atoms with E-state index in [0.29, 0.717) is 35.8 Å². The maximum Gasteiger partial charge on any atom is 0.243 e. The first-order valence-electron chi connectivity index (χ1n) is 11.1. The van der Waals surface area contributed by atoms with Crippen LogP contribution in [0.1, 0.15) is 50.5 Å². The molecule has 0 aliphatic carbocycles. The van der Waals surface area contributed by atoms with Gasteiger partial charge in [0.2, 0.25) is 29.4 Å². The van der Waals surface area contributed by atoms with Crippen LogP contribution in [0.15, 0.2) is 12.1 Å². The van der Waals surface area contributed by atoms with E-state index < -0.39 is 35.7 Å². The highest BCUT2D eigenvalue weighted by Crippen LogP contribution is 2.40. The van der Waals surface area contributed by atoms with Gasteiger partial charge in [-0.25, -0.2) is 0 Å². The van der Waals surface area contributed by atoms with Crippen LogP contribution in [0.4, 0.5) is 0 Å². The van der Waals surface area contributed by atoms with Crippen molar-refractivity contribution < 1.29 is 33.4 Å². The van der Waals surface area contributed by atoms with E-state index in [-0.39, 0.29) is 18.7 Å². The van der Waals surface area contributed by atoms with Crippen molar-refractivity contribution in [3.63, 3.8) is 0 Å². The molecule has 1 fully saturated rings. The highest BCUT2D eigenvalue weighted by molar-refractivity contribution is 5.93. The third-order valence-corrected chi connectivity index (χ3v) is 5.99. The molecule has 0 saturated carbocycles. The minimum atomic E-state index is -1.05. The Labute approximate surface area is 199 Å². The largest absolute Gasteiger partial charge is 0.493 e. The van der Waals surface area contributed by atoms with Crippen molar-refractivity contribution in [2.24, 2.45) is 11.5 Å². The van der Waals surface area contributed by atoms with Gasteiger partial charge >= 0.3 is 0 Å². The molecule has 1 saturated heterocycles. The van der Waals surface area contributed by atoms with E-state index in [1.165, 1.54) is 26.2 Å². The first-order valence-corrected chi connectivity index (χ1v) is 11.1. The van der Waals surface area contributed by atoms with Crippen LogP contribution in [-0.2, 0) is 19.2 Å². The fourth-order valence-corrected chi connectivity index (χ4v) is 4.05. The predicted octanol–water partition coefficient (Wildman–Crippen LogP) is 0.433. The number of likely N-dealkylation sites (tertiary alicyclic amines) is 1. The second kappa shape index (κ2) is 12.1. The first-order chi connectivity index (χ1) is 16.1. The summed E-state index contributed by atoms with van der Waals surface area (Å²) in [4.78, 5) is 50.9. The third-order valence-electron chi connectivity index (χ3n) is 5.99. The molecule has 4 amide bonds. The molecule has 3 atom stereocenters. The van der Waals surface area contributed by atoms with E-state index in [2.05, 4.69) is 5.32 Å². The third kappa shape index (κ3) is 6.30. The number of rotatable bonds is 11. The molecule has 34 heavy (non-hydrogen) atoms. The summed E-state index contributed by atoms with van der Waals surface area (Å²) >= 11 is 0. The lowest BCUT2D eigenvalue weighted by Gasteiger charge is -2.37. The van der Waals surface area contributed by atoms with Gasteiger partial charge in [0.1, 0.15) is 12.1 Å². The minimum absolute atomic E-state index is 0.00108. The fourth-order valence-electron chi connectivity index (χ4n) is 4.05. The second-order valence-corrected chi connectivity index (χ2v) is 8.19. The molecule has 11 heteroatoms. The van der Waals surface area contributed by atoms with E-state index in [9.17, 15) is 19.2 Å². The van der Waals surface area contributed by atoms with Crippen LogP contribution in [0.3, 0.4) is 0 Å². The lowest BCUT2D eigenvalue weighted by atomic mass is 9.94. The Morgan fingerprint density at radius 1 is 1.06 bits per heavy atom. The number of ether oxygens (including phenoxy) is 3. The first kappa shape index (κ1) is 26.7. The number of benzene rings is 1. The van der Waals surface area contributed by atoms with E-state index in [4.69, 9.17) is 25.7 Å². The van der Waals surface area contributed by atoms with Gasteiger partial charge in [0, 0.05) is 13.0 Å². The topological polar surface area (TPSA) is 163 Å². The van der Waals surface area contributed by atoms with Gasteiger partial charge in [-0.2, -0.15) is 0 Å². The highest BCUT2D eigenvalue weighted by atomic mass is 16.5. The molecule has 1 aromatic carbocycles. The molecule has 11 nitrogen and oxygen atoms in total. The van der Waals surface area contributed by atoms with Crippen LogP contribution >= 0.6 is 0 Å². The number of hydrogen-bond acceptors (Lipinski definition) is 7. The molecule has 1 heterocycles. The maximum absolute atomic E-state index is 13.5. The number of nitrogens with zero attached hydrogens (tertiary/aromatic N) is 1. The van der Waals surface area contributed by atoms with Crippen molar-refractivity contribution in [1.82, 2.24) is 10.2 Å². The number of primary amides is 2. The summed E-state index contributed by atoms with van der Waals surface area (Å²) in [7, 11) is 4.48. The predicted molar refractivity (Wildman–Crippen MR) is 123 cm³/mol. The molecule has 0 radical (unpaired) electrons. The zero-order valence-electron chi connectivity index (χ0n) is 20.1. The Morgan fingerprint density at radius 3 is 2.18 bits per heavy atom. The number of amides is 4. The van der Waals surface area contributed by atoms with Crippen LogP contribution < -0.4 is 31.0 Å². The van der Waals surface area contributed by atoms with Gasteiger partial charge < -0.3 is 35.9 Å². The van der Waals surface area contributed by atoms with Gasteiger partial charge in [-0.05, 0) is 50.3 Å². The Hall–Kier alpha value is -3.50. The van der Waals surface area contributed by atoms with E-state index >= 15 is 0 Å². The Morgan fingerprint density at radius 2 is 1.68 bits per heavy atom. The Kier molecular flexibility index (Phi) is 9.52. The molecule has 2 rings (SSSR count). The van der Waals surface area contributed by atoms with Gasteiger partial charge in [0.15, 0.2) is 11.5 Å². The fraction of sp³-hybridized carbons (Fsp3) is 0.565. The average Bonchev–Trinajstić information content (AvgIpc) is 2.83. The molecule has 1 aliphatic heterocycles. The minimum Gasteiger partial charge on any atom is -0.493 e. The second-order valence-electron chi connectivity index (χ2n) is 8.19. The zero-order chi connectivity index (χ0) is 25.4. The number of nitrogens with two attached hydrogens (primary N) is 2. The Balaban J connectivity index is 2.25. The Bertz CT molecular complexity index is 896. The van der Waals surface area contributed by atoms with Crippen molar-refractivity contribution in [3.8, 4) is 17.2 Å². The van der Waals surface area contributed by atoms with Gasteiger partial charge in [0.05, 0.1) is 27.2 Å². The smallest absolute Gasteiger partial charge is 0.243 e. The van der Waals surface area contributed by atoms with Crippen molar-refractivity contribution in [2.45, 2.75) is 57.0 Å². The molecular formula is C23H34N4O7. The number of piperidine rings is 1. The van der Waals surface area contributed by atoms with Crippen LogP contribution in [0.5, 0.6) is 17.2 Å². The summed E-state index contributed by atoms with van der Waals surface area (Å²) in [5.41, 5.74) is 11.2. The molecule has 5 N–H and O–H groups in total. The maximum atomic E-state index is 13.5. The van der Waals surface area contributed by atoms with Crippen LogP contribution in [0, 0.1) is 0 Å². The highest BCUT2D eigenvalue weighted by Gasteiger charge is 2.36. The lowest BCUT2D eigenvalue weighted by molar-refractivity contribution is -0.144. The van der Waals surface area contributed by atoms with Crippen LogP contribution in [-0.4, -0.2) is 68.5 Å². The van der Waals surface area contributed by atoms with Gasteiger partial charge in [-0.15, -0.1) is 0 Å². The number of methoxy groups -OCH3 is 3. The quantitative estimate of drug-likeness (QED) is 0.415. The summed E-state index contributed by atoms with van der Waals surface area (Å²) in [5.74, 6) is -1.46. The summed E-state index contributed by atoms with van der Waals surface area (Å²) < 4.78 is 16.1. The molecule has 188 valence electrons. The van der Waals surface area contributed by atoms with E-state index in [1.807, 2.05) is 0 Å². The summed E-state index contributed by atoms with van der Waals surface area (Å²) in [5, 5.41) is 2.58. The van der Waals surface area contributed by atoms with Crippen molar-refractivity contribution in [1.29, 1.82) is 0 Å². The summed E-state index contributed by atoms with van der Waals surface area (Å²) in [6, 6.07) is 1.60. The molecular weight excluding hydrogens is 444 g/mol. The molecule has 1 aliphatic rings. The average molecular weight is 479 g/mol. The van der Waals surface area contributed by atoms with Crippen molar-refractivity contribution in [3.05, 3.63) is 17.7 Å². The summed E-state index contributed by atoms with van der Waals surface area (Å²) in [6.07, 6.45) is 1.85. The molecule has 1 aromatic rings. The number of carbonyl (C=O) groups excluding carboxylic acids is 4. The monoisotopic (exact) mass is 478 g/mol. The van der Waals surface area contributed by atoms with Crippen molar-refractivity contribution >= 4 is 23.6 Å². The van der Waals surface area contributed by atoms with Crippen molar-refractivity contribution in [2.75, 3.05) is 27.9 Å². The number of hydrogen-bond donors (Lipinski definition) is 3. The van der Waals surface area contributed by atoms with Gasteiger partial charge in [-0.1, -0.05) is 0 Å². The lowest BCUT2D eigenvalue weighted by Crippen LogP contribution is -2.56. The van der Waals surface area contributed by atoms with Crippen LogP contribution in [0.25, 0.3) is 0 Å². The molecule has 0 spiro atoms. The normalized spacial score (nSPS) is 17.3. The zero-order valence-corrected chi connectivity index (χ0v) is 20.1. The van der Waals surface area contributed by atoms with E-state index in [1.54, 1.807) is 19.1 Å². The van der Waals surface area contributed by atoms with E-state index in [0.717, 1.165) is 12.8 Å². The van der Waals surface area contributed by atoms with Crippen LogP contribution in [0.2, 0.25) is 0 Å². The molecule has 3 unspecified atom stereocenters. The van der Waals surface area contributed by atoms with Gasteiger partial charge in [0.25, 0.3) is 0 Å². The SMILES string of the molecule is COc1cc(C(C)C(=O)N2CCCCC2C(=O)NC(CCC(N)=O)C(N)=O)cc(OC)c1OC.